The smallest absolute Gasteiger partial charge is 0.398 e. The van der Waals surface area contributed by atoms with Crippen LogP contribution in [0.25, 0.3) is 0 Å². The predicted molar refractivity (Wildman–Crippen MR) is 65.6 cm³/mol. The topological polar surface area (TPSA) is 46.2 Å². The second kappa shape index (κ2) is 4.79. The summed E-state index contributed by atoms with van der Waals surface area (Å²) in [5.74, 6) is 0. The van der Waals surface area contributed by atoms with Crippen LogP contribution in [0.5, 0.6) is 0 Å². The Hall–Kier alpha value is -1.44. The van der Waals surface area contributed by atoms with Gasteiger partial charge in [-0.05, 0) is 23.1 Å². The third-order valence-corrected chi connectivity index (χ3v) is 3.10. The second-order valence-corrected chi connectivity index (χ2v) is 5.76. The Morgan fingerprint density at radius 3 is 1.67 bits per heavy atom. The number of nitrogens with two attached hydrogens (primary N) is 1. The molecule has 0 saturated carbocycles. The van der Waals surface area contributed by atoms with E-state index in [4.69, 9.17) is 5.73 Å². The van der Waals surface area contributed by atoms with E-state index >= 15 is 0 Å². The zero-order valence-corrected chi connectivity index (χ0v) is 11.5. The molecular formula is C13H15F6NO. The van der Waals surface area contributed by atoms with E-state index in [0.29, 0.717) is 12.1 Å². The zero-order chi connectivity index (χ0) is 16.9. The molecule has 0 aliphatic carbocycles. The fourth-order valence-electron chi connectivity index (χ4n) is 1.92. The predicted octanol–water partition coefficient (Wildman–Crippen LogP) is 3.88. The van der Waals surface area contributed by atoms with Crippen molar-refractivity contribution in [3.8, 4) is 0 Å². The van der Waals surface area contributed by atoms with Gasteiger partial charge in [-0.25, -0.2) is 0 Å². The number of aliphatic hydroxyl groups is 1. The van der Waals surface area contributed by atoms with Gasteiger partial charge in [0.15, 0.2) is 0 Å². The van der Waals surface area contributed by atoms with Crippen molar-refractivity contribution in [3.05, 3.63) is 29.3 Å². The highest BCUT2D eigenvalue weighted by molar-refractivity contribution is 5.53. The van der Waals surface area contributed by atoms with Crippen LogP contribution in [-0.2, 0) is 11.0 Å². The van der Waals surface area contributed by atoms with Gasteiger partial charge in [-0.3, -0.25) is 0 Å². The van der Waals surface area contributed by atoms with Crippen molar-refractivity contribution in [1.29, 1.82) is 0 Å². The van der Waals surface area contributed by atoms with E-state index in [2.05, 4.69) is 0 Å². The summed E-state index contributed by atoms with van der Waals surface area (Å²) in [4.78, 5) is 0. The fourth-order valence-corrected chi connectivity index (χ4v) is 1.92. The lowest BCUT2D eigenvalue weighted by Crippen LogP contribution is -2.54. The lowest BCUT2D eigenvalue weighted by Gasteiger charge is -2.34. The van der Waals surface area contributed by atoms with Gasteiger partial charge in [0.05, 0.1) is 0 Å². The van der Waals surface area contributed by atoms with Gasteiger partial charge < -0.3 is 10.8 Å². The average molecular weight is 315 g/mol. The molecule has 0 aromatic heterocycles. The molecule has 3 N–H and O–H groups in total. The highest BCUT2D eigenvalue weighted by Gasteiger charge is 2.71. The Balaban J connectivity index is 3.64. The first-order valence-corrected chi connectivity index (χ1v) is 5.88. The lowest BCUT2D eigenvalue weighted by atomic mass is 9.82. The monoisotopic (exact) mass is 315 g/mol. The summed E-state index contributed by atoms with van der Waals surface area (Å²) in [6, 6.07) is 2.11. The summed E-state index contributed by atoms with van der Waals surface area (Å²) < 4.78 is 76.9. The highest BCUT2D eigenvalue weighted by Crippen LogP contribution is 2.50. The van der Waals surface area contributed by atoms with Crippen LogP contribution >= 0.6 is 0 Å². The van der Waals surface area contributed by atoms with E-state index in [1.165, 1.54) is 0 Å². The molecule has 0 saturated heterocycles. The van der Waals surface area contributed by atoms with Gasteiger partial charge in [0.1, 0.15) is 0 Å². The van der Waals surface area contributed by atoms with Crippen molar-refractivity contribution in [2.45, 2.75) is 44.1 Å². The lowest BCUT2D eigenvalue weighted by molar-refractivity contribution is -0.376. The Morgan fingerprint density at radius 1 is 0.905 bits per heavy atom. The molecule has 0 radical (unpaired) electrons. The van der Waals surface area contributed by atoms with E-state index in [9.17, 15) is 31.4 Å². The summed E-state index contributed by atoms with van der Waals surface area (Å²) in [6.07, 6.45) is -11.8. The molecule has 1 aromatic carbocycles. The minimum Gasteiger partial charge on any atom is -0.398 e. The molecule has 21 heavy (non-hydrogen) atoms. The molecule has 0 aliphatic heterocycles. The number of alkyl halides is 6. The summed E-state index contributed by atoms with van der Waals surface area (Å²) >= 11 is 0. The van der Waals surface area contributed by atoms with Gasteiger partial charge in [0.2, 0.25) is 0 Å². The summed E-state index contributed by atoms with van der Waals surface area (Å²) in [5.41, 5.74) is -1.28. The van der Waals surface area contributed by atoms with Crippen molar-refractivity contribution < 1.29 is 31.4 Å². The van der Waals surface area contributed by atoms with Crippen LogP contribution in [-0.4, -0.2) is 17.5 Å². The number of hydrogen-bond donors (Lipinski definition) is 2. The molecule has 0 heterocycles. The first-order valence-electron chi connectivity index (χ1n) is 5.88. The third kappa shape index (κ3) is 2.95. The molecule has 0 atom stereocenters. The number of halogens is 6. The molecular weight excluding hydrogens is 300 g/mol. The van der Waals surface area contributed by atoms with Crippen molar-refractivity contribution in [2.75, 3.05) is 5.73 Å². The first kappa shape index (κ1) is 17.6. The van der Waals surface area contributed by atoms with E-state index in [1.54, 1.807) is 20.8 Å². The number of benzene rings is 1. The third-order valence-electron chi connectivity index (χ3n) is 3.10. The maximum Gasteiger partial charge on any atom is 0.430 e. The van der Waals surface area contributed by atoms with E-state index < -0.39 is 28.9 Å². The maximum absolute atomic E-state index is 12.8. The number of hydrogen-bond acceptors (Lipinski definition) is 2. The molecule has 0 spiro atoms. The van der Waals surface area contributed by atoms with Gasteiger partial charge in [0.25, 0.3) is 5.60 Å². The van der Waals surface area contributed by atoms with Crippen LogP contribution in [0, 0.1) is 0 Å². The maximum atomic E-state index is 12.8. The van der Waals surface area contributed by atoms with Crippen molar-refractivity contribution >= 4 is 5.69 Å². The summed E-state index contributed by atoms with van der Waals surface area (Å²) in [7, 11) is 0. The van der Waals surface area contributed by atoms with Crippen LogP contribution in [0.2, 0.25) is 0 Å². The minimum absolute atomic E-state index is 0.0537. The van der Waals surface area contributed by atoms with E-state index in [0.717, 1.165) is 6.07 Å². The molecule has 0 bridgehead atoms. The molecule has 0 fully saturated rings. The molecule has 2 nitrogen and oxygen atoms in total. The Bertz CT molecular complexity index is 513. The molecule has 8 heteroatoms. The molecule has 0 amide bonds. The quantitative estimate of drug-likeness (QED) is 0.610. The Labute approximate surface area is 117 Å². The van der Waals surface area contributed by atoms with Gasteiger partial charge in [0, 0.05) is 11.3 Å². The van der Waals surface area contributed by atoms with Crippen molar-refractivity contribution in [2.24, 2.45) is 0 Å². The van der Waals surface area contributed by atoms with Gasteiger partial charge in [-0.1, -0.05) is 26.8 Å². The number of rotatable bonds is 1. The zero-order valence-electron chi connectivity index (χ0n) is 11.5. The molecule has 1 aromatic rings. The fraction of sp³-hybridized carbons (Fsp3) is 0.538. The Kier molecular flexibility index (Phi) is 4.02. The van der Waals surface area contributed by atoms with Gasteiger partial charge in [-0.2, -0.15) is 26.3 Å². The summed E-state index contributed by atoms with van der Waals surface area (Å²) in [5, 5.41) is 9.35. The SMILES string of the molecule is CC(C)(C)c1cc(C(O)(C(F)(F)F)C(F)(F)F)ccc1N. The standard InChI is InChI=1S/C13H15F6NO/c1-10(2,3)8-6-7(4-5-9(8)20)11(21,12(14,15)16)13(17,18)19/h4-6,21H,20H2,1-3H3. The molecule has 1 rings (SSSR count). The van der Waals surface area contributed by atoms with Crippen LogP contribution in [0.3, 0.4) is 0 Å². The second-order valence-electron chi connectivity index (χ2n) is 5.76. The van der Waals surface area contributed by atoms with Gasteiger partial charge in [-0.15, -0.1) is 0 Å². The Morgan fingerprint density at radius 2 is 1.33 bits per heavy atom. The van der Waals surface area contributed by atoms with Crippen LogP contribution in [0.1, 0.15) is 31.9 Å². The largest absolute Gasteiger partial charge is 0.430 e. The van der Waals surface area contributed by atoms with E-state index in [1.807, 2.05) is 0 Å². The van der Waals surface area contributed by atoms with Crippen molar-refractivity contribution in [3.63, 3.8) is 0 Å². The van der Waals surface area contributed by atoms with Crippen molar-refractivity contribution in [1.82, 2.24) is 0 Å². The number of anilines is 1. The first-order chi connectivity index (χ1) is 9.12. The van der Waals surface area contributed by atoms with Gasteiger partial charge >= 0.3 is 12.4 Å². The van der Waals surface area contributed by atoms with Crippen LogP contribution in [0.15, 0.2) is 18.2 Å². The van der Waals surface area contributed by atoms with Crippen LogP contribution < -0.4 is 5.73 Å². The minimum atomic E-state index is -5.91. The summed E-state index contributed by atoms with van der Waals surface area (Å²) in [6.45, 7) is 4.76. The molecule has 0 unspecified atom stereocenters. The molecule has 120 valence electrons. The molecule has 0 aliphatic rings. The van der Waals surface area contributed by atoms with E-state index in [-0.39, 0.29) is 11.3 Å². The number of nitrogen functional groups attached to an aromatic ring is 1. The average Bonchev–Trinajstić information content (AvgIpc) is 2.23. The van der Waals surface area contributed by atoms with Crippen LogP contribution in [0.4, 0.5) is 32.0 Å². The highest BCUT2D eigenvalue weighted by atomic mass is 19.4. The normalized spacial score (nSPS) is 14.4.